The van der Waals surface area contributed by atoms with Crippen molar-refractivity contribution >= 4 is 43.6 Å². The molecular weight excluding hydrogens is 338 g/mol. The van der Waals surface area contributed by atoms with E-state index in [1.807, 2.05) is 20.8 Å². The van der Waals surface area contributed by atoms with Crippen LogP contribution in [0, 0.1) is 5.41 Å². The van der Waals surface area contributed by atoms with Crippen molar-refractivity contribution < 1.29 is 4.79 Å². The Morgan fingerprint density at radius 3 is 2.56 bits per heavy atom. The highest BCUT2D eigenvalue weighted by Gasteiger charge is 2.17. The molecule has 0 saturated carbocycles. The molecule has 0 spiro atoms. The number of hydrogen-bond acceptors (Lipinski definition) is 3. The SMILES string of the molecule is CC(C)(C)CC(=O)Nc1ncc(Br)nc1Br. The molecule has 0 aromatic carbocycles. The first kappa shape index (κ1) is 13.6. The van der Waals surface area contributed by atoms with E-state index in [1.165, 1.54) is 6.20 Å². The largest absolute Gasteiger partial charge is 0.308 e. The molecule has 0 bridgehead atoms. The highest BCUT2D eigenvalue weighted by molar-refractivity contribution is 9.11. The molecule has 6 heteroatoms. The first-order valence-electron chi connectivity index (χ1n) is 4.76. The van der Waals surface area contributed by atoms with Crippen LogP contribution in [-0.4, -0.2) is 15.9 Å². The van der Waals surface area contributed by atoms with E-state index in [4.69, 9.17) is 0 Å². The van der Waals surface area contributed by atoms with Crippen LogP contribution in [-0.2, 0) is 4.79 Å². The van der Waals surface area contributed by atoms with Crippen molar-refractivity contribution in [1.29, 1.82) is 0 Å². The van der Waals surface area contributed by atoms with Gasteiger partial charge >= 0.3 is 0 Å². The second-order valence-electron chi connectivity index (χ2n) is 4.62. The van der Waals surface area contributed by atoms with Gasteiger partial charge in [0.1, 0.15) is 9.21 Å². The predicted molar refractivity (Wildman–Crippen MR) is 70.1 cm³/mol. The molecule has 0 saturated heterocycles. The maximum atomic E-state index is 11.7. The van der Waals surface area contributed by atoms with Gasteiger partial charge in [-0.15, -0.1) is 0 Å². The molecule has 16 heavy (non-hydrogen) atoms. The third-order valence-electron chi connectivity index (χ3n) is 1.65. The standard InChI is InChI=1S/C10H13Br2N3O/c1-10(2,3)4-7(16)15-9-8(12)14-6(11)5-13-9/h5H,4H2,1-3H3,(H,13,15,16). The number of carbonyl (C=O) groups is 1. The molecule has 0 fully saturated rings. The Morgan fingerprint density at radius 1 is 1.44 bits per heavy atom. The Labute approximate surface area is 112 Å². The van der Waals surface area contributed by atoms with Gasteiger partial charge < -0.3 is 5.32 Å². The number of rotatable bonds is 2. The number of nitrogens with zero attached hydrogens (tertiary/aromatic N) is 2. The summed E-state index contributed by atoms with van der Waals surface area (Å²) in [4.78, 5) is 19.8. The summed E-state index contributed by atoms with van der Waals surface area (Å²) < 4.78 is 1.14. The van der Waals surface area contributed by atoms with E-state index < -0.39 is 0 Å². The molecule has 0 unspecified atom stereocenters. The number of nitrogens with one attached hydrogen (secondary N) is 1. The van der Waals surface area contributed by atoms with Crippen molar-refractivity contribution in [3.05, 3.63) is 15.4 Å². The van der Waals surface area contributed by atoms with Crippen molar-refractivity contribution in [3.63, 3.8) is 0 Å². The van der Waals surface area contributed by atoms with Crippen LogP contribution in [0.2, 0.25) is 0 Å². The van der Waals surface area contributed by atoms with Gasteiger partial charge in [0.25, 0.3) is 0 Å². The van der Waals surface area contributed by atoms with E-state index in [2.05, 4.69) is 47.1 Å². The first-order chi connectivity index (χ1) is 7.28. The van der Waals surface area contributed by atoms with Gasteiger partial charge in [0.15, 0.2) is 5.82 Å². The van der Waals surface area contributed by atoms with E-state index in [9.17, 15) is 4.79 Å². The molecule has 0 atom stereocenters. The summed E-state index contributed by atoms with van der Waals surface area (Å²) >= 11 is 6.43. The number of halogens is 2. The Balaban J connectivity index is 2.70. The van der Waals surface area contributed by atoms with Crippen molar-refractivity contribution in [2.45, 2.75) is 27.2 Å². The molecular formula is C10H13Br2N3O. The third-order valence-corrected chi connectivity index (χ3v) is 2.58. The summed E-state index contributed by atoms with van der Waals surface area (Å²) in [6.07, 6.45) is 1.98. The van der Waals surface area contributed by atoms with Gasteiger partial charge in [-0.05, 0) is 37.3 Å². The number of hydrogen-bond donors (Lipinski definition) is 1. The topological polar surface area (TPSA) is 54.9 Å². The van der Waals surface area contributed by atoms with E-state index in [0.29, 0.717) is 21.4 Å². The van der Waals surface area contributed by atoms with E-state index in [0.717, 1.165) is 0 Å². The lowest BCUT2D eigenvalue weighted by molar-refractivity contribution is -0.117. The molecule has 1 N–H and O–H groups in total. The van der Waals surface area contributed by atoms with Gasteiger partial charge in [-0.3, -0.25) is 4.79 Å². The molecule has 1 amide bonds. The summed E-state index contributed by atoms with van der Waals surface area (Å²) in [5.41, 5.74) is -0.0423. The van der Waals surface area contributed by atoms with Crippen molar-refractivity contribution in [2.75, 3.05) is 5.32 Å². The fraction of sp³-hybridized carbons (Fsp3) is 0.500. The first-order valence-corrected chi connectivity index (χ1v) is 6.34. The molecule has 0 aliphatic rings. The van der Waals surface area contributed by atoms with Crippen LogP contribution in [0.3, 0.4) is 0 Å². The van der Waals surface area contributed by atoms with E-state index in [-0.39, 0.29) is 11.3 Å². The molecule has 0 aliphatic carbocycles. The van der Waals surface area contributed by atoms with Crippen LogP contribution in [0.5, 0.6) is 0 Å². The zero-order valence-corrected chi connectivity index (χ0v) is 12.5. The summed E-state index contributed by atoms with van der Waals surface area (Å²) in [7, 11) is 0. The number of aromatic nitrogens is 2. The summed E-state index contributed by atoms with van der Waals surface area (Å²) in [6.45, 7) is 6.03. The predicted octanol–water partition coefficient (Wildman–Crippen LogP) is 3.38. The number of carbonyl (C=O) groups excluding carboxylic acids is 1. The molecule has 1 aromatic rings. The fourth-order valence-corrected chi connectivity index (χ4v) is 2.00. The quantitative estimate of drug-likeness (QED) is 0.889. The Morgan fingerprint density at radius 2 is 2.06 bits per heavy atom. The number of anilines is 1. The summed E-state index contributed by atoms with van der Waals surface area (Å²) in [5.74, 6) is 0.377. The Hall–Kier alpha value is -0.490. The molecule has 0 radical (unpaired) electrons. The zero-order valence-electron chi connectivity index (χ0n) is 9.34. The maximum absolute atomic E-state index is 11.7. The monoisotopic (exact) mass is 349 g/mol. The second-order valence-corrected chi connectivity index (χ2v) is 6.18. The maximum Gasteiger partial charge on any atom is 0.226 e. The minimum Gasteiger partial charge on any atom is -0.308 e. The smallest absolute Gasteiger partial charge is 0.226 e. The Kier molecular flexibility index (Phi) is 4.43. The van der Waals surface area contributed by atoms with Gasteiger partial charge in [-0.2, -0.15) is 0 Å². The lowest BCUT2D eigenvalue weighted by Gasteiger charge is -2.17. The van der Waals surface area contributed by atoms with Crippen LogP contribution in [0.25, 0.3) is 0 Å². The lowest BCUT2D eigenvalue weighted by atomic mass is 9.92. The molecule has 1 heterocycles. The van der Waals surface area contributed by atoms with Gasteiger partial charge in [0.05, 0.1) is 6.20 Å². The lowest BCUT2D eigenvalue weighted by Crippen LogP contribution is -2.20. The van der Waals surface area contributed by atoms with Gasteiger partial charge in [0, 0.05) is 6.42 Å². The average Bonchev–Trinajstić information content (AvgIpc) is 2.06. The second kappa shape index (κ2) is 5.23. The molecule has 4 nitrogen and oxygen atoms in total. The van der Waals surface area contributed by atoms with Gasteiger partial charge in [-0.25, -0.2) is 9.97 Å². The summed E-state index contributed by atoms with van der Waals surface area (Å²) in [5, 5.41) is 2.71. The summed E-state index contributed by atoms with van der Waals surface area (Å²) in [6, 6.07) is 0. The van der Waals surface area contributed by atoms with Gasteiger partial charge in [-0.1, -0.05) is 20.8 Å². The van der Waals surface area contributed by atoms with E-state index in [1.54, 1.807) is 0 Å². The highest BCUT2D eigenvalue weighted by Crippen LogP contribution is 2.22. The zero-order chi connectivity index (χ0) is 12.3. The van der Waals surface area contributed by atoms with Crippen LogP contribution in [0.15, 0.2) is 15.4 Å². The van der Waals surface area contributed by atoms with Crippen molar-refractivity contribution in [1.82, 2.24) is 9.97 Å². The normalized spacial score (nSPS) is 11.3. The minimum atomic E-state index is -0.0650. The van der Waals surface area contributed by atoms with Crippen molar-refractivity contribution in [3.8, 4) is 0 Å². The van der Waals surface area contributed by atoms with Gasteiger partial charge in [0.2, 0.25) is 5.91 Å². The van der Waals surface area contributed by atoms with Crippen molar-refractivity contribution in [2.24, 2.45) is 5.41 Å². The fourth-order valence-electron chi connectivity index (χ4n) is 1.09. The number of amides is 1. The van der Waals surface area contributed by atoms with E-state index >= 15 is 0 Å². The van der Waals surface area contributed by atoms with Crippen LogP contribution in [0.1, 0.15) is 27.2 Å². The molecule has 1 rings (SSSR count). The Bertz CT molecular complexity index is 402. The highest BCUT2D eigenvalue weighted by atomic mass is 79.9. The minimum absolute atomic E-state index is 0.0423. The van der Waals surface area contributed by atoms with Crippen LogP contribution >= 0.6 is 31.9 Å². The molecule has 1 aromatic heterocycles. The van der Waals surface area contributed by atoms with Crippen LogP contribution in [0.4, 0.5) is 5.82 Å². The molecule has 0 aliphatic heterocycles. The third kappa shape index (κ3) is 4.57. The average molecular weight is 351 g/mol. The molecule has 88 valence electrons. The van der Waals surface area contributed by atoms with Crippen LogP contribution < -0.4 is 5.32 Å².